The van der Waals surface area contributed by atoms with Gasteiger partial charge >= 0.3 is 5.97 Å². The molecule has 4 nitrogen and oxygen atoms in total. The van der Waals surface area contributed by atoms with Crippen LogP contribution in [-0.2, 0) is 18.3 Å². The summed E-state index contributed by atoms with van der Waals surface area (Å²) < 4.78 is 7.59. The molecule has 0 unspecified atom stereocenters. The Labute approximate surface area is 189 Å². The smallest absolute Gasteiger partial charge is 0.341 e. The minimum Gasteiger partial charge on any atom is -0.482 e. The van der Waals surface area contributed by atoms with E-state index in [0.717, 1.165) is 17.5 Å². The van der Waals surface area contributed by atoms with E-state index in [1.54, 1.807) is 0 Å². The van der Waals surface area contributed by atoms with Crippen molar-refractivity contribution in [3.05, 3.63) is 78.4 Å². The third kappa shape index (κ3) is 4.54. The number of unbranched alkanes of at least 4 members (excludes halogenated alkanes) is 2. The molecule has 1 heterocycles. The standard InChI is InChI=1S/C28H29NO3/c1-3-4-6-11-24-25-18-22(20-12-15-23(16-13-20)32-19-27(30)31)14-17-26(25)29(2)28(24)21-9-7-5-8-10-21/h5,7-10,12-18H,3-4,6,11,19H2,1-2H3,(H,30,31). The zero-order chi connectivity index (χ0) is 22.5. The molecule has 0 fully saturated rings. The Morgan fingerprint density at radius 2 is 1.62 bits per heavy atom. The summed E-state index contributed by atoms with van der Waals surface area (Å²) in [6, 6.07) is 24.9. The number of hydrogen-bond acceptors (Lipinski definition) is 2. The third-order valence-corrected chi connectivity index (χ3v) is 5.93. The fourth-order valence-electron chi connectivity index (χ4n) is 4.36. The third-order valence-electron chi connectivity index (χ3n) is 5.93. The van der Waals surface area contributed by atoms with Gasteiger partial charge in [0.15, 0.2) is 6.61 Å². The van der Waals surface area contributed by atoms with Crippen LogP contribution in [0, 0.1) is 0 Å². The lowest BCUT2D eigenvalue weighted by Gasteiger charge is -2.08. The van der Waals surface area contributed by atoms with E-state index in [2.05, 4.69) is 67.1 Å². The van der Waals surface area contributed by atoms with Crippen molar-refractivity contribution in [1.29, 1.82) is 0 Å². The molecule has 0 aliphatic carbocycles. The van der Waals surface area contributed by atoms with Crippen molar-refractivity contribution in [1.82, 2.24) is 4.57 Å². The molecule has 0 aliphatic rings. The lowest BCUT2D eigenvalue weighted by molar-refractivity contribution is -0.139. The predicted molar refractivity (Wildman–Crippen MR) is 130 cm³/mol. The first-order valence-electron chi connectivity index (χ1n) is 11.2. The van der Waals surface area contributed by atoms with Gasteiger partial charge in [-0.05, 0) is 59.4 Å². The van der Waals surface area contributed by atoms with Crippen LogP contribution in [0.5, 0.6) is 5.75 Å². The van der Waals surface area contributed by atoms with Crippen LogP contribution in [-0.4, -0.2) is 22.2 Å². The summed E-state index contributed by atoms with van der Waals surface area (Å²) >= 11 is 0. The predicted octanol–water partition coefficient (Wildman–Crippen LogP) is 6.71. The summed E-state index contributed by atoms with van der Waals surface area (Å²) in [5.41, 5.74) is 7.42. The maximum Gasteiger partial charge on any atom is 0.341 e. The molecule has 0 spiro atoms. The molecule has 0 bridgehead atoms. The Bertz CT molecular complexity index is 1210. The number of nitrogens with zero attached hydrogens (tertiary/aromatic N) is 1. The normalized spacial score (nSPS) is 11.1. The molecule has 164 valence electrons. The summed E-state index contributed by atoms with van der Waals surface area (Å²) in [5.74, 6) is -0.419. The number of carboxylic acids is 1. The molecule has 4 aromatic rings. The van der Waals surface area contributed by atoms with Crippen LogP contribution in [0.3, 0.4) is 0 Å². The van der Waals surface area contributed by atoms with Gasteiger partial charge in [-0.2, -0.15) is 0 Å². The second kappa shape index (κ2) is 9.73. The largest absolute Gasteiger partial charge is 0.482 e. The lowest BCUT2D eigenvalue weighted by atomic mass is 9.97. The van der Waals surface area contributed by atoms with Gasteiger partial charge in [0.05, 0.1) is 5.69 Å². The van der Waals surface area contributed by atoms with Crippen molar-refractivity contribution in [2.75, 3.05) is 6.61 Å². The zero-order valence-corrected chi connectivity index (χ0v) is 18.7. The molecule has 3 aromatic carbocycles. The van der Waals surface area contributed by atoms with Crippen LogP contribution in [0.2, 0.25) is 0 Å². The fraction of sp³-hybridized carbons (Fsp3) is 0.250. The van der Waals surface area contributed by atoms with E-state index in [0.29, 0.717) is 5.75 Å². The quantitative estimate of drug-likeness (QED) is 0.302. The highest BCUT2D eigenvalue weighted by atomic mass is 16.5. The summed E-state index contributed by atoms with van der Waals surface area (Å²) in [6.07, 6.45) is 4.66. The van der Waals surface area contributed by atoms with E-state index in [9.17, 15) is 4.79 Å². The average molecular weight is 428 g/mol. The maximum absolute atomic E-state index is 10.7. The Kier molecular flexibility index (Phi) is 6.60. The number of fused-ring (bicyclic) bond motifs is 1. The van der Waals surface area contributed by atoms with Gasteiger partial charge in [0.25, 0.3) is 0 Å². The number of hydrogen-bond donors (Lipinski definition) is 1. The zero-order valence-electron chi connectivity index (χ0n) is 18.7. The monoisotopic (exact) mass is 427 g/mol. The number of aromatic nitrogens is 1. The minimum absolute atomic E-state index is 0.335. The first-order valence-corrected chi connectivity index (χ1v) is 11.2. The van der Waals surface area contributed by atoms with Crippen molar-refractivity contribution in [2.45, 2.75) is 32.6 Å². The molecule has 0 radical (unpaired) electrons. The molecule has 32 heavy (non-hydrogen) atoms. The Morgan fingerprint density at radius 3 is 2.31 bits per heavy atom. The molecule has 1 N–H and O–H groups in total. The minimum atomic E-state index is -0.978. The van der Waals surface area contributed by atoms with Gasteiger partial charge in [-0.3, -0.25) is 0 Å². The molecule has 0 saturated heterocycles. The number of benzene rings is 3. The van der Waals surface area contributed by atoms with Crippen LogP contribution in [0.4, 0.5) is 0 Å². The molecular formula is C28H29NO3. The van der Waals surface area contributed by atoms with Crippen LogP contribution in [0.1, 0.15) is 31.7 Å². The van der Waals surface area contributed by atoms with Gasteiger partial charge < -0.3 is 14.4 Å². The van der Waals surface area contributed by atoms with Crippen molar-refractivity contribution >= 4 is 16.9 Å². The molecular weight excluding hydrogens is 398 g/mol. The van der Waals surface area contributed by atoms with E-state index in [-0.39, 0.29) is 6.61 Å². The number of aryl methyl sites for hydroxylation is 2. The SMILES string of the molecule is CCCCCc1c(-c2ccccc2)n(C)c2ccc(-c3ccc(OCC(=O)O)cc3)cc12. The Hall–Kier alpha value is -3.53. The summed E-state index contributed by atoms with van der Waals surface area (Å²) in [5, 5.41) is 10.1. The molecule has 4 rings (SSSR count). The highest BCUT2D eigenvalue weighted by Gasteiger charge is 2.17. The van der Waals surface area contributed by atoms with Crippen LogP contribution < -0.4 is 4.74 Å². The topological polar surface area (TPSA) is 51.5 Å². The highest BCUT2D eigenvalue weighted by molar-refractivity contribution is 5.94. The van der Waals surface area contributed by atoms with Gasteiger partial charge in [0, 0.05) is 18.0 Å². The molecule has 4 heteroatoms. The van der Waals surface area contributed by atoms with E-state index < -0.39 is 5.97 Å². The maximum atomic E-state index is 10.7. The molecule has 0 atom stereocenters. The van der Waals surface area contributed by atoms with E-state index >= 15 is 0 Å². The number of carbonyl (C=O) groups is 1. The molecule has 0 saturated carbocycles. The van der Waals surface area contributed by atoms with E-state index in [1.165, 1.54) is 47.0 Å². The van der Waals surface area contributed by atoms with E-state index in [4.69, 9.17) is 9.84 Å². The summed E-state index contributed by atoms with van der Waals surface area (Å²) in [7, 11) is 2.16. The fourth-order valence-corrected chi connectivity index (χ4v) is 4.36. The van der Waals surface area contributed by atoms with Crippen molar-refractivity contribution in [3.8, 4) is 28.1 Å². The second-order valence-corrected chi connectivity index (χ2v) is 8.15. The van der Waals surface area contributed by atoms with Crippen molar-refractivity contribution in [3.63, 3.8) is 0 Å². The van der Waals surface area contributed by atoms with E-state index in [1.807, 2.05) is 24.3 Å². The first-order chi connectivity index (χ1) is 15.6. The van der Waals surface area contributed by atoms with Gasteiger partial charge in [-0.1, -0.05) is 68.3 Å². The number of carboxylic acid groups (broad SMARTS) is 1. The molecule has 1 aromatic heterocycles. The van der Waals surface area contributed by atoms with Crippen LogP contribution in [0.25, 0.3) is 33.3 Å². The van der Waals surface area contributed by atoms with Crippen LogP contribution in [0.15, 0.2) is 72.8 Å². The van der Waals surface area contributed by atoms with Gasteiger partial charge in [0.1, 0.15) is 5.75 Å². The van der Waals surface area contributed by atoms with Crippen LogP contribution >= 0.6 is 0 Å². The van der Waals surface area contributed by atoms with Gasteiger partial charge in [-0.25, -0.2) is 4.79 Å². The second-order valence-electron chi connectivity index (χ2n) is 8.15. The number of rotatable bonds is 9. The lowest BCUT2D eigenvalue weighted by Crippen LogP contribution is -2.09. The molecule has 0 amide bonds. The first kappa shape index (κ1) is 21.7. The Morgan fingerprint density at radius 1 is 0.906 bits per heavy atom. The Balaban J connectivity index is 1.75. The van der Waals surface area contributed by atoms with Gasteiger partial charge in [0.2, 0.25) is 0 Å². The van der Waals surface area contributed by atoms with Crippen molar-refractivity contribution in [2.24, 2.45) is 7.05 Å². The molecule has 0 aliphatic heterocycles. The average Bonchev–Trinajstić information content (AvgIpc) is 3.10. The van der Waals surface area contributed by atoms with Gasteiger partial charge in [-0.15, -0.1) is 0 Å². The number of ether oxygens (including phenoxy) is 1. The number of aliphatic carboxylic acids is 1. The van der Waals surface area contributed by atoms with Crippen molar-refractivity contribution < 1.29 is 14.6 Å². The summed E-state index contributed by atoms with van der Waals surface area (Å²) in [6.45, 7) is 1.90. The summed E-state index contributed by atoms with van der Waals surface area (Å²) in [4.78, 5) is 10.7. The highest BCUT2D eigenvalue weighted by Crippen LogP contribution is 2.36.